The average molecular weight is 483 g/mol. The fourth-order valence-electron chi connectivity index (χ4n) is 3.87. The lowest BCUT2D eigenvalue weighted by atomic mass is 10.00. The zero-order valence-electron chi connectivity index (χ0n) is 20.9. The Labute approximate surface area is 206 Å². The summed E-state index contributed by atoms with van der Waals surface area (Å²) in [7, 11) is 3.28. The summed E-state index contributed by atoms with van der Waals surface area (Å²) in [6.07, 6.45) is 4.95. The number of nitrogens with one attached hydrogen (secondary N) is 1. The van der Waals surface area contributed by atoms with Crippen LogP contribution in [-0.4, -0.2) is 77.8 Å². The second-order valence-corrected chi connectivity index (χ2v) is 8.78. The molecule has 0 spiro atoms. The number of aromatic nitrogens is 1. The molecule has 0 saturated carbocycles. The number of rotatable bonds is 7. The largest absolute Gasteiger partial charge is 0.497 e. The number of likely N-dealkylation sites (N-methyl/N-ethyl adjacent to an activating group) is 1. The summed E-state index contributed by atoms with van der Waals surface area (Å²) < 4.78 is 11.4. The molecule has 0 bridgehead atoms. The Morgan fingerprint density at radius 1 is 1.40 bits per heavy atom. The molecule has 188 valence electrons. The van der Waals surface area contributed by atoms with Gasteiger partial charge in [-0.05, 0) is 49.7 Å². The van der Waals surface area contributed by atoms with Gasteiger partial charge < -0.3 is 29.7 Å². The molecule has 1 aromatic heterocycles. The Balaban J connectivity index is 1.83. The number of urea groups is 1. The van der Waals surface area contributed by atoms with E-state index in [0.717, 1.165) is 5.56 Å². The molecule has 0 fully saturated rings. The number of aliphatic hydroxyl groups excluding tert-OH is 1. The highest BCUT2D eigenvalue weighted by molar-refractivity contribution is 5.97. The average Bonchev–Trinajstić information content (AvgIpc) is 2.86. The smallest absolute Gasteiger partial charge is 0.321 e. The van der Waals surface area contributed by atoms with E-state index in [4.69, 9.17) is 9.47 Å². The minimum Gasteiger partial charge on any atom is -0.497 e. The Bertz CT molecular complexity index is 1060. The minimum absolute atomic E-state index is 0.130. The maximum Gasteiger partial charge on any atom is 0.321 e. The molecule has 0 unspecified atom stereocenters. The Hall–Kier alpha value is -3.59. The number of carbonyl (C=O) groups excluding carboxylic acids is 2. The maximum atomic E-state index is 13.4. The summed E-state index contributed by atoms with van der Waals surface area (Å²) in [6.45, 7) is 6.14. The van der Waals surface area contributed by atoms with Crippen LogP contribution in [0.1, 0.15) is 36.7 Å². The summed E-state index contributed by atoms with van der Waals surface area (Å²) in [5, 5.41) is 12.6. The van der Waals surface area contributed by atoms with Crippen molar-refractivity contribution in [3.8, 4) is 11.6 Å². The number of amides is 3. The molecule has 1 aromatic carbocycles. The van der Waals surface area contributed by atoms with Crippen molar-refractivity contribution in [3.05, 3.63) is 53.7 Å². The zero-order chi connectivity index (χ0) is 25.5. The van der Waals surface area contributed by atoms with Gasteiger partial charge in [-0.3, -0.25) is 4.79 Å². The molecule has 3 atom stereocenters. The zero-order valence-corrected chi connectivity index (χ0v) is 20.9. The first-order chi connectivity index (χ1) is 16.8. The van der Waals surface area contributed by atoms with E-state index in [1.54, 1.807) is 67.4 Å². The maximum absolute atomic E-state index is 13.4. The van der Waals surface area contributed by atoms with Crippen molar-refractivity contribution in [2.45, 2.75) is 32.9 Å². The fourth-order valence-corrected chi connectivity index (χ4v) is 3.87. The lowest BCUT2D eigenvalue weighted by Gasteiger charge is -2.37. The number of hydrogen-bond acceptors (Lipinski definition) is 6. The SMILES string of the molecule is C/C=C/c1cnc2c(c1)C(=O)N([C@H](C)CO)C[C@H](C)[C@@H](CN(C)C(=O)Nc1ccc(OC)cc1)O2. The van der Waals surface area contributed by atoms with Crippen molar-refractivity contribution in [1.82, 2.24) is 14.8 Å². The van der Waals surface area contributed by atoms with E-state index >= 15 is 0 Å². The third-order valence-electron chi connectivity index (χ3n) is 6.04. The third-order valence-corrected chi connectivity index (χ3v) is 6.04. The van der Waals surface area contributed by atoms with Crippen molar-refractivity contribution >= 4 is 23.7 Å². The number of methoxy groups -OCH3 is 1. The van der Waals surface area contributed by atoms with Crippen LogP contribution in [0.5, 0.6) is 11.6 Å². The number of nitrogens with zero attached hydrogens (tertiary/aromatic N) is 3. The number of ether oxygens (including phenoxy) is 2. The minimum atomic E-state index is -0.429. The third kappa shape index (κ3) is 6.30. The van der Waals surface area contributed by atoms with E-state index in [1.165, 1.54) is 0 Å². The van der Waals surface area contributed by atoms with Crippen LogP contribution < -0.4 is 14.8 Å². The molecule has 2 aromatic rings. The molecule has 3 amide bonds. The van der Waals surface area contributed by atoms with Crippen molar-refractivity contribution in [2.24, 2.45) is 5.92 Å². The Morgan fingerprint density at radius 3 is 2.74 bits per heavy atom. The van der Waals surface area contributed by atoms with Gasteiger partial charge in [0.05, 0.1) is 26.3 Å². The van der Waals surface area contributed by atoms with E-state index in [-0.39, 0.29) is 42.9 Å². The van der Waals surface area contributed by atoms with Crippen LogP contribution in [0.25, 0.3) is 6.08 Å². The van der Waals surface area contributed by atoms with Crippen LogP contribution in [0.4, 0.5) is 10.5 Å². The van der Waals surface area contributed by atoms with Gasteiger partial charge >= 0.3 is 6.03 Å². The van der Waals surface area contributed by atoms with Gasteiger partial charge in [-0.25, -0.2) is 9.78 Å². The molecule has 3 rings (SSSR count). The Morgan fingerprint density at radius 2 is 2.11 bits per heavy atom. The standard InChI is InChI=1S/C26H34N4O5/c1-6-7-19-12-22-24(27-13-19)35-23(17(2)14-30(25(22)32)18(3)16-31)15-29(4)26(33)28-20-8-10-21(34-5)11-9-20/h6-13,17-18,23,31H,14-16H2,1-5H3,(H,28,33)/b7-6+/t17-,18+,23+/m0/s1. The van der Waals surface area contributed by atoms with Crippen LogP contribution in [0.3, 0.4) is 0 Å². The van der Waals surface area contributed by atoms with Crippen LogP contribution in [-0.2, 0) is 0 Å². The van der Waals surface area contributed by atoms with Gasteiger partial charge in [0.15, 0.2) is 0 Å². The normalized spacial score (nSPS) is 18.8. The molecule has 35 heavy (non-hydrogen) atoms. The van der Waals surface area contributed by atoms with E-state index in [2.05, 4.69) is 10.3 Å². The second kappa shape index (κ2) is 11.7. The molecule has 0 radical (unpaired) electrons. The lowest BCUT2D eigenvalue weighted by molar-refractivity contribution is 0.0356. The van der Waals surface area contributed by atoms with Crippen molar-refractivity contribution in [1.29, 1.82) is 0 Å². The van der Waals surface area contributed by atoms with E-state index in [0.29, 0.717) is 23.5 Å². The number of fused-ring (bicyclic) bond motifs is 1. The van der Waals surface area contributed by atoms with Gasteiger partial charge in [0.2, 0.25) is 5.88 Å². The van der Waals surface area contributed by atoms with E-state index < -0.39 is 6.10 Å². The number of hydrogen-bond donors (Lipinski definition) is 2. The molecule has 1 aliphatic rings. The summed E-state index contributed by atoms with van der Waals surface area (Å²) in [4.78, 5) is 33.8. The number of carbonyl (C=O) groups is 2. The molecule has 0 aliphatic carbocycles. The van der Waals surface area contributed by atoms with Crippen molar-refractivity contribution < 1.29 is 24.2 Å². The molecular weight excluding hydrogens is 448 g/mol. The van der Waals surface area contributed by atoms with Gasteiger partial charge in [0.1, 0.15) is 17.4 Å². The Kier molecular flexibility index (Phi) is 8.70. The molecule has 2 N–H and O–H groups in total. The topological polar surface area (TPSA) is 104 Å². The second-order valence-electron chi connectivity index (χ2n) is 8.78. The van der Waals surface area contributed by atoms with Gasteiger partial charge in [-0.15, -0.1) is 0 Å². The summed E-state index contributed by atoms with van der Waals surface area (Å²) in [6, 6.07) is 8.15. The number of anilines is 1. The molecule has 0 saturated heterocycles. The fraction of sp³-hybridized carbons (Fsp3) is 0.423. The molecule has 2 heterocycles. The number of pyridine rings is 1. The monoisotopic (exact) mass is 482 g/mol. The van der Waals surface area contributed by atoms with Gasteiger partial charge in [-0.2, -0.15) is 0 Å². The quantitative estimate of drug-likeness (QED) is 0.626. The van der Waals surface area contributed by atoms with E-state index in [1.807, 2.05) is 26.0 Å². The number of allylic oxidation sites excluding steroid dienone is 1. The summed E-state index contributed by atoms with van der Waals surface area (Å²) in [5.74, 6) is 0.553. The van der Waals surface area contributed by atoms with Gasteiger partial charge in [-0.1, -0.05) is 19.1 Å². The number of benzene rings is 1. The highest BCUT2D eigenvalue weighted by Crippen LogP contribution is 2.28. The van der Waals surface area contributed by atoms with Crippen molar-refractivity contribution in [2.75, 3.05) is 39.2 Å². The summed E-state index contributed by atoms with van der Waals surface area (Å²) >= 11 is 0. The van der Waals surface area contributed by atoms with Crippen LogP contribution in [0.2, 0.25) is 0 Å². The molecule has 1 aliphatic heterocycles. The predicted octanol–water partition coefficient (Wildman–Crippen LogP) is 3.51. The van der Waals surface area contributed by atoms with Crippen LogP contribution in [0, 0.1) is 5.92 Å². The first-order valence-corrected chi connectivity index (χ1v) is 11.6. The highest BCUT2D eigenvalue weighted by Gasteiger charge is 2.34. The summed E-state index contributed by atoms with van der Waals surface area (Å²) in [5.41, 5.74) is 1.76. The van der Waals surface area contributed by atoms with Crippen LogP contribution >= 0.6 is 0 Å². The lowest BCUT2D eigenvalue weighted by Crippen LogP contribution is -2.50. The van der Waals surface area contributed by atoms with Crippen LogP contribution in [0.15, 0.2) is 42.6 Å². The first-order valence-electron chi connectivity index (χ1n) is 11.6. The molecule has 9 heteroatoms. The van der Waals surface area contributed by atoms with Gasteiger partial charge in [0.25, 0.3) is 5.91 Å². The van der Waals surface area contributed by atoms with E-state index in [9.17, 15) is 14.7 Å². The predicted molar refractivity (Wildman–Crippen MR) is 135 cm³/mol. The molecule has 9 nitrogen and oxygen atoms in total. The highest BCUT2D eigenvalue weighted by atomic mass is 16.5. The molecular formula is C26H34N4O5. The first kappa shape index (κ1) is 26.0. The van der Waals surface area contributed by atoms with Gasteiger partial charge in [0, 0.05) is 31.4 Å². The number of aliphatic hydroxyl groups is 1. The van der Waals surface area contributed by atoms with Crippen molar-refractivity contribution in [3.63, 3.8) is 0 Å².